The van der Waals surface area contributed by atoms with Crippen molar-refractivity contribution in [1.29, 1.82) is 0 Å². The molecule has 1 aliphatic rings. The molecule has 3 N–H and O–H groups in total. The Bertz CT molecular complexity index is 464. The number of methoxy groups -OCH3 is 1. The number of ether oxygens (including phenoxy) is 1. The zero-order chi connectivity index (χ0) is 13.8. The van der Waals surface area contributed by atoms with Gasteiger partial charge in [-0.2, -0.15) is 0 Å². The third kappa shape index (κ3) is 3.35. The van der Waals surface area contributed by atoms with Gasteiger partial charge >= 0.3 is 0 Å². The van der Waals surface area contributed by atoms with Gasteiger partial charge in [0.05, 0.1) is 23.8 Å². The number of nitrogens with two attached hydrogens (primary N) is 1. The molecular formula is C13H19N3O3. The third-order valence-corrected chi connectivity index (χ3v) is 3.47. The van der Waals surface area contributed by atoms with Crippen molar-refractivity contribution in [3.8, 4) is 5.75 Å². The van der Waals surface area contributed by atoms with Gasteiger partial charge in [-0.15, -0.1) is 0 Å². The van der Waals surface area contributed by atoms with Crippen LogP contribution in [0.2, 0.25) is 0 Å². The molecule has 104 valence electrons. The molecular weight excluding hydrogens is 246 g/mol. The highest BCUT2D eigenvalue weighted by Gasteiger charge is 2.20. The van der Waals surface area contributed by atoms with Crippen LogP contribution in [0.3, 0.4) is 0 Å². The molecule has 0 heterocycles. The third-order valence-electron chi connectivity index (χ3n) is 3.47. The van der Waals surface area contributed by atoms with Gasteiger partial charge in [-0.25, -0.2) is 0 Å². The average Bonchev–Trinajstić information content (AvgIpc) is 2.39. The first kappa shape index (κ1) is 13.6. The predicted octanol–water partition coefficient (Wildman–Crippen LogP) is 2.29. The molecule has 0 radical (unpaired) electrons. The number of nitrogens with zero attached hydrogens (tertiary/aromatic N) is 1. The van der Waals surface area contributed by atoms with Gasteiger partial charge in [0, 0.05) is 18.2 Å². The molecule has 0 spiro atoms. The molecule has 2 unspecified atom stereocenters. The molecule has 6 heteroatoms. The number of non-ortho nitro benzene ring substituents is 1. The summed E-state index contributed by atoms with van der Waals surface area (Å²) in [5.74, 6) is 0.494. The Morgan fingerprint density at radius 3 is 2.89 bits per heavy atom. The summed E-state index contributed by atoms with van der Waals surface area (Å²) in [5, 5.41) is 14.1. The van der Waals surface area contributed by atoms with Crippen molar-refractivity contribution in [2.24, 2.45) is 5.73 Å². The topological polar surface area (TPSA) is 90.4 Å². The van der Waals surface area contributed by atoms with Gasteiger partial charge < -0.3 is 15.8 Å². The lowest BCUT2D eigenvalue weighted by Crippen LogP contribution is -2.34. The van der Waals surface area contributed by atoms with E-state index in [1.165, 1.54) is 19.2 Å². The zero-order valence-electron chi connectivity index (χ0n) is 11.0. The zero-order valence-corrected chi connectivity index (χ0v) is 11.0. The van der Waals surface area contributed by atoms with Crippen LogP contribution in [0.4, 0.5) is 11.4 Å². The minimum atomic E-state index is -0.428. The van der Waals surface area contributed by atoms with Crippen molar-refractivity contribution in [2.45, 2.75) is 37.8 Å². The highest BCUT2D eigenvalue weighted by molar-refractivity contribution is 5.61. The Hall–Kier alpha value is -1.82. The highest BCUT2D eigenvalue weighted by Crippen LogP contribution is 2.31. The molecule has 2 rings (SSSR count). The van der Waals surface area contributed by atoms with Gasteiger partial charge in [0.15, 0.2) is 0 Å². The van der Waals surface area contributed by atoms with E-state index in [1.807, 2.05) is 0 Å². The van der Waals surface area contributed by atoms with Gasteiger partial charge in [-0.3, -0.25) is 10.1 Å². The lowest BCUT2D eigenvalue weighted by atomic mass is 9.91. The molecule has 1 saturated carbocycles. The molecule has 19 heavy (non-hydrogen) atoms. The molecule has 1 aliphatic carbocycles. The van der Waals surface area contributed by atoms with Crippen molar-refractivity contribution in [2.75, 3.05) is 12.4 Å². The fourth-order valence-electron chi connectivity index (χ4n) is 2.49. The first-order valence-corrected chi connectivity index (χ1v) is 6.44. The van der Waals surface area contributed by atoms with Gasteiger partial charge in [0.1, 0.15) is 5.75 Å². The molecule has 0 aromatic heterocycles. The van der Waals surface area contributed by atoms with Crippen LogP contribution >= 0.6 is 0 Å². The number of hydrogen-bond acceptors (Lipinski definition) is 5. The van der Waals surface area contributed by atoms with Crippen LogP contribution in [-0.2, 0) is 0 Å². The van der Waals surface area contributed by atoms with E-state index in [0.29, 0.717) is 11.8 Å². The Morgan fingerprint density at radius 1 is 1.47 bits per heavy atom. The van der Waals surface area contributed by atoms with Crippen LogP contribution in [0.15, 0.2) is 18.2 Å². The van der Waals surface area contributed by atoms with Crippen molar-refractivity contribution < 1.29 is 9.66 Å². The van der Waals surface area contributed by atoms with E-state index < -0.39 is 4.92 Å². The Labute approximate surface area is 112 Å². The molecule has 2 atom stereocenters. The van der Waals surface area contributed by atoms with E-state index in [-0.39, 0.29) is 11.7 Å². The average molecular weight is 265 g/mol. The second-order valence-corrected chi connectivity index (χ2v) is 4.91. The minimum Gasteiger partial charge on any atom is -0.494 e. The van der Waals surface area contributed by atoms with Gasteiger partial charge in [-0.05, 0) is 31.7 Å². The largest absolute Gasteiger partial charge is 0.494 e. The maximum atomic E-state index is 10.7. The van der Waals surface area contributed by atoms with Gasteiger partial charge in [0.25, 0.3) is 5.69 Å². The van der Waals surface area contributed by atoms with Crippen LogP contribution in [0.1, 0.15) is 25.7 Å². The Kier molecular flexibility index (Phi) is 4.21. The van der Waals surface area contributed by atoms with Gasteiger partial charge in [0.2, 0.25) is 0 Å². The fourth-order valence-corrected chi connectivity index (χ4v) is 2.49. The Morgan fingerprint density at radius 2 is 2.26 bits per heavy atom. The molecule has 1 fully saturated rings. The molecule has 0 bridgehead atoms. The monoisotopic (exact) mass is 265 g/mol. The van der Waals surface area contributed by atoms with Crippen LogP contribution < -0.4 is 15.8 Å². The van der Waals surface area contributed by atoms with Crippen molar-refractivity contribution >= 4 is 11.4 Å². The van der Waals surface area contributed by atoms with E-state index >= 15 is 0 Å². The smallest absolute Gasteiger partial charge is 0.273 e. The summed E-state index contributed by atoms with van der Waals surface area (Å²) in [6.45, 7) is 0. The fraction of sp³-hybridized carbons (Fsp3) is 0.538. The summed E-state index contributed by atoms with van der Waals surface area (Å²) < 4.78 is 5.21. The predicted molar refractivity (Wildman–Crippen MR) is 73.5 cm³/mol. The van der Waals surface area contributed by atoms with Crippen LogP contribution in [0.25, 0.3) is 0 Å². The quantitative estimate of drug-likeness (QED) is 0.644. The molecule has 6 nitrogen and oxygen atoms in total. The maximum absolute atomic E-state index is 10.7. The molecule has 0 saturated heterocycles. The number of nitro benzene ring substituents is 1. The lowest BCUT2D eigenvalue weighted by molar-refractivity contribution is -0.384. The maximum Gasteiger partial charge on any atom is 0.273 e. The number of hydrogen-bond donors (Lipinski definition) is 2. The summed E-state index contributed by atoms with van der Waals surface area (Å²) in [6, 6.07) is 5.14. The second-order valence-electron chi connectivity index (χ2n) is 4.91. The standard InChI is InChI=1S/C13H19N3O3/c1-19-13-8-11(16(17)18)5-6-12(13)15-10-4-2-3-9(14)7-10/h5-6,8-10,15H,2-4,7,14H2,1H3. The lowest BCUT2D eigenvalue weighted by Gasteiger charge is -2.28. The summed E-state index contributed by atoms with van der Waals surface area (Å²) in [7, 11) is 1.51. The van der Waals surface area contributed by atoms with E-state index in [9.17, 15) is 10.1 Å². The number of nitrogens with one attached hydrogen (secondary N) is 1. The van der Waals surface area contributed by atoms with Crippen LogP contribution in [0, 0.1) is 10.1 Å². The number of nitro groups is 1. The first-order chi connectivity index (χ1) is 9.10. The van der Waals surface area contributed by atoms with E-state index in [1.54, 1.807) is 6.07 Å². The minimum absolute atomic E-state index is 0.0303. The van der Waals surface area contributed by atoms with Crippen molar-refractivity contribution in [3.05, 3.63) is 28.3 Å². The van der Waals surface area contributed by atoms with E-state index in [0.717, 1.165) is 31.4 Å². The first-order valence-electron chi connectivity index (χ1n) is 6.44. The van der Waals surface area contributed by atoms with Crippen LogP contribution in [-0.4, -0.2) is 24.1 Å². The number of anilines is 1. The Balaban J connectivity index is 2.13. The SMILES string of the molecule is COc1cc([N+](=O)[O-])ccc1NC1CCCC(N)C1. The summed E-state index contributed by atoms with van der Waals surface area (Å²) >= 11 is 0. The summed E-state index contributed by atoms with van der Waals surface area (Å²) in [5.41, 5.74) is 6.77. The molecule has 1 aromatic rings. The normalized spacial score (nSPS) is 22.8. The molecule has 1 aromatic carbocycles. The van der Waals surface area contributed by atoms with Crippen molar-refractivity contribution in [1.82, 2.24) is 0 Å². The molecule has 0 aliphatic heterocycles. The summed E-state index contributed by atoms with van der Waals surface area (Å²) in [4.78, 5) is 10.3. The van der Waals surface area contributed by atoms with Crippen molar-refractivity contribution in [3.63, 3.8) is 0 Å². The highest BCUT2D eigenvalue weighted by atomic mass is 16.6. The van der Waals surface area contributed by atoms with Crippen LogP contribution in [0.5, 0.6) is 5.75 Å². The summed E-state index contributed by atoms with van der Waals surface area (Å²) in [6.07, 6.45) is 4.15. The van der Waals surface area contributed by atoms with Gasteiger partial charge in [-0.1, -0.05) is 0 Å². The second kappa shape index (κ2) is 5.88. The number of benzene rings is 1. The van der Waals surface area contributed by atoms with E-state index in [2.05, 4.69) is 5.32 Å². The number of rotatable bonds is 4. The van der Waals surface area contributed by atoms with E-state index in [4.69, 9.17) is 10.5 Å². The molecule has 0 amide bonds.